The summed E-state index contributed by atoms with van der Waals surface area (Å²) in [6, 6.07) is 5.90. The van der Waals surface area contributed by atoms with E-state index in [0.29, 0.717) is 25.9 Å². The first-order valence-electron chi connectivity index (χ1n) is 9.15. The smallest absolute Gasteiger partial charge is 0.227 e. The molecular weight excluding hydrogens is 373 g/mol. The van der Waals surface area contributed by atoms with E-state index in [-0.39, 0.29) is 42.3 Å². The molecule has 2 heterocycles. The van der Waals surface area contributed by atoms with Crippen LogP contribution in [-0.4, -0.2) is 56.0 Å². The number of carbonyl (C=O) groups is 2. The lowest BCUT2D eigenvalue weighted by Crippen LogP contribution is -2.48. The van der Waals surface area contributed by atoms with Crippen LogP contribution in [0.25, 0.3) is 0 Å². The van der Waals surface area contributed by atoms with Crippen molar-refractivity contribution in [3.8, 4) is 0 Å². The second kappa shape index (κ2) is 7.93. The molecular formula is C18H24FN3O4S. The molecule has 0 aliphatic carbocycles. The molecule has 148 valence electrons. The van der Waals surface area contributed by atoms with Gasteiger partial charge in [0, 0.05) is 32.1 Å². The van der Waals surface area contributed by atoms with Gasteiger partial charge in [0.2, 0.25) is 21.8 Å². The second-order valence-corrected chi connectivity index (χ2v) is 9.20. The third-order valence-corrected chi connectivity index (χ3v) is 7.08. The molecule has 0 spiro atoms. The molecule has 2 fully saturated rings. The van der Waals surface area contributed by atoms with Crippen LogP contribution >= 0.6 is 0 Å². The van der Waals surface area contributed by atoms with Gasteiger partial charge in [0.05, 0.1) is 17.4 Å². The van der Waals surface area contributed by atoms with E-state index in [1.807, 2.05) is 0 Å². The number of hydrogen-bond acceptors (Lipinski definition) is 4. The van der Waals surface area contributed by atoms with Crippen molar-refractivity contribution in [2.75, 3.05) is 30.3 Å². The Morgan fingerprint density at radius 1 is 1.26 bits per heavy atom. The highest BCUT2D eigenvalue weighted by molar-refractivity contribution is 7.89. The third kappa shape index (κ3) is 4.30. The molecule has 2 amide bonds. The van der Waals surface area contributed by atoms with Crippen LogP contribution in [0.1, 0.15) is 26.2 Å². The van der Waals surface area contributed by atoms with Crippen molar-refractivity contribution in [3.63, 3.8) is 0 Å². The van der Waals surface area contributed by atoms with Crippen LogP contribution in [0.5, 0.6) is 0 Å². The van der Waals surface area contributed by atoms with Crippen LogP contribution in [-0.2, 0) is 19.6 Å². The standard InChI is InChI=1S/C18H24FN3O4S/c1-2-27(25,26)21-9-7-14(8-10-21)20-18(24)13-11-17(23)22(12-13)16-6-4-3-5-15(16)19/h3-6,13-14H,2,7-12H2,1H3,(H,20,24). The van der Waals surface area contributed by atoms with Gasteiger partial charge in [0.1, 0.15) is 5.82 Å². The van der Waals surface area contributed by atoms with Crippen LogP contribution in [0.4, 0.5) is 10.1 Å². The fraction of sp³-hybridized carbons (Fsp3) is 0.556. The number of benzene rings is 1. The maximum absolute atomic E-state index is 13.9. The molecule has 2 saturated heterocycles. The molecule has 2 aliphatic heterocycles. The molecule has 1 aromatic carbocycles. The highest BCUT2D eigenvalue weighted by atomic mass is 32.2. The Kier molecular flexibility index (Phi) is 5.81. The molecule has 0 radical (unpaired) electrons. The number of sulfonamides is 1. The van der Waals surface area contributed by atoms with E-state index in [9.17, 15) is 22.4 Å². The molecule has 7 nitrogen and oxygen atoms in total. The Hall–Kier alpha value is -2.00. The van der Waals surface area contributed by atoms with Crippen molar-refractivity contribution < 1.29 is 22.4 Å². The summed E-state index contributed by atoms with van der Waals surface area (Å²) in [5, 5.41) is 2.92. The SMILES string of the molecule is CCS(=O)(=O)N1CCC(NC(=O)C2CC(=O)N(c3ccccc3F)C2)CC1. The quantitative estimate of drug-likeness (QED) is 0.806. The predicted octanol–water partition coefficient (Wildman–Crippen LogP) is 1.11. The first kappa shape index (κ1) is 19.8. The number of nitrogens with one attached hydrogen (secondary N) is 1. The number of rotatable bonds is 5. The summed E-state index contributed by atoms with van der Waals surface area (Å²) in [5.74, 6) is -1.46. The Morgan fingerprint density at radius 3 is 2.56 bits per heavy atom. The molecule has 1 atom stereocenters. The molecule has 0 saturated carbocycles. The average Bonchev–Trinajstić information content (AvgIpc) is 3.04. The highest BCUT2D eigenvalue weighted by Crippen LogP contribution is 2.27. The molecule has 1 unspecified atom stereocenters. The molecule has 27 heavy (non-hydrogen) atoms. The monoisotopic (exact) mass is 397 g/mol. The maximum Gasteiger partial charge on any atom is 0.227 e. The van der Waals surface area contributed by atoms with Crippen molar-refractivity contribution >= 4 is 27.5 Å². The minimum Gasteiger partial charge on any atom is -0.353 e. The Labute approximate surface area is 158 Å². The number of nitrogens with zero attached hydrogens (tertiary/aromatic N) is 2. The summed E-state index contributed by atoms with van der Waals surface area (Å²) >= 11 is 0. The lowest BCUT2D eigenvalue weighted by molar-refractivity contribution is -0.127. The van der Waals surface area contributed by atoms with Crippen molar-refractivity contribution in [3.05, 3.63) is 30.1 Å². The van der Waals surface area contributed by atoms with Gasteiger partial charge in [-0.25, -0.2) is 17.1 Å². The Balaban J connectivity index is 1.56. The van der Waals surface area contributed by atoms with Crippen LogP contribution < -0.4 is 10.2 Å². The zero-order valence-corrected chi connectivity index (χ0v) is 16.0. The van der Waals surface area contributed by atoms with Gasteiger partial charge in [-0.05, 0) is 31.9 Å². The van der Waals surface area contributed by atoms with E-state index in [1.165, 1.54) is 21.3 Å². The molecule has 9 heteroatoms. The number of piperidine rings is 1. The summed E-state index contributed by atoms with van der Waals surface area (Å²) in [6.07, 6.45) is 1.13. The summed E-state index contributed by atoms with van der Waals surface area (Å²) < 4.78 is 39.2. The number of hydrogen-bond donors (Lipinski definition) is 1. The molecule has 0 aromatic heterocycles. The molecule has 0 bridgehead atoms. The third-order valence-electron chi connectivity index (χ3n) is 5.20. The summed E-state index contributed by atoms with van der Waals surface area (Å²) in [4.78, 5) is 26.1. The maximum atomic E-state index is 13.9. The predicted molar refractivity (Wildman–Crippen MR) is 99.1 cm³/mol. The van der Waals surface area contributed by atoms with Gasteiger partial charge >= 0.3 is 0 Å². The van der Waals surface area contributed by atoms with Gasteiger partial charge in [-0.2, -0.15) is 0 Å². The van der Waals surface area contributed by atoms with Gasteiger partial charge in [0.25, 0.3) is 0 Å². The van der Waals surface area contributed by atoms with E-state index >= 15 is 0 Å². The average molecular weight is 397 g/mol. The van der Waals surface area contributed by atoms with Crippen LogP contribution in [0.3, 0.4) is 0 Å². The first-order chi connectivity index (χ1) is 12.8. The molecule has 1 aromatic rings. The molecule has 1 N–H and O–H groups in total. The van der Waals surface area contributed by atoms with Crippen molar-refractivity contribution in [1.82, 2.24) is 9.62 Å². The van der Waals surface area contributed by atoms with E-state index in [1.54, 1.807) is 19.1 Å². The number of halogens is 1. The Bertz CT molecular complexity index is 822. The summed E-state index contributed by atoms with van der Waals surface area (Å²) in [6.45, 7) is 2.52. The lowest BCUT2D eigenvalue weighted by atomic mass is 10.0. The molecule has 3 rings (SSSR count). The fourth-order valence-corrected chi connectivity index (χ4v) is 4.70. The number of amides is 2. The minimum absolute atomic E-state index is 0.0449. The van der Waals surface area contributed by atoms with Crippen LogP contribution in [0.15, 0.2) is 24.3 Å². The van der Waals surface area contributed by atoms with Gasteiger partial charge in [-0.3, -0.25) is 9.59 Å². The van der Waals surface area contributed by atoms with Gasteiger partial charge < -0.3 is 10.2 Å². The largest absolute Gasteiger partial charge is 0.353 e. The summed E-state index contributed by atoms with van der Waals surface area (Å²) in [7, 11) is -3.20. The zero-order valence-electron chi connectivity index (χ0n) is 15.2. The van der Waals surface area contributed by atoms with Crippen LogP contribution in [0, 0.1) is 11.7 Å². The number of para-hydroxylation sites is 1. The Morgan fingerprint density at radius 2 is 1.93 bits per heavy atom. The van der Waals surface area contributed by atoms with E-state index in [4.69, 9.17) is 0 Å². The van der Waals surface area contributed by atoms with E-state index < -0.39 is 21.8 Å². The van der Waals surface area contributed by atoms with Crippen molar-refractivity contribution in [2.45, 2.75) is 32.2 Å². The minimum atomic E-state index is -3.20. The van der Waals surface area contributed by atoms with Crippen LogP contribution in [0.2, 0.25) is 0 Å². The topological polar surface area (TPSA) is 86.8 Å². The first-order valence-corrected chi connectivity index (χ1v) is 10.8. The number of carbonyl (C=O) groups excluding carboxylic acids is 2. The lowest BCUT2D eigenvalue weighted by Gasteiger charge is -2.31. The van der Waals surface area contributed by atoms with Gasteiger partial charge in [0.15, 0.2) is 0 Å². The van der Waals surface area contributed by atoms with Crippen molar-refractivity contribution in [2.24, 2.45) is 5.92 Å². The second-order valence-electron chi connectivity index (χ2n) is 6.94. The van der Waals surface area contributed by atoms with Gasteiger partial charge in [-0.15, -0.1) is 0 Å². The number of anilines is 1. The van der Waals surface area contributed by atoms with Crippen molar-refractivity contribution in [1.29, 1.82) is 0 Å². The van der Waals surface area contributed by atoms with E-state index in [2.05, 4.69) is 5.32 Å². The van der Waals surface area contributed by atoms with Gasteiger partial charge in [-0.1, -0.05) is 12.1 Å². The molecule has 2 aliphatic rings. The fourth-order valence-electron chi connectivity index (χ4n) is 3.57. The zero-order chi connectivity index (χ0) is 19.6. The normalized spacial score (nSPS) is 22.2. The summed E-state index contributed by atoms with van der Waals surface area (Å²) in [5.41, 5.74) is 0.191. The van der Waals surface area contributed by atoms with E-state index in [0.717, 1.165) is 0 Å². The highest BCUT2D eigenvalue weighted by Gasteiger charge is 2.37.